The van der Waals surface area contributed by atoms with Crippen LogP contribution in [-0.4, -0.2) is 27.8 Å². The van der Waals surface area contributed by atoms with E-state index in [0.29, 0.717) is 12.1 Å². The Morgan fingerprint density at radius 2 is 2.00 bits per heavy atom. The highest BCUT2D eigenvalue weighted by Gasteiger charge is 2.49. The number of carbonyl (C=O) groups is 1. The van der Waals surface area contributed by atoms with Crippen molar-refractivity contribution < 1.29 is 9.90 Å². The third-order valence-corrected chi connectivity index (χ3v) is 4.04. The van der Waals surface area contributed by atoms with Crippen molar-refractivity contribution in [3.05, 3.63) is 59.9 Å². The molecule has 5 heteroatoms. The molecule has 1 amide bonds. The van der Waals surface area contributed by atoms with Gasteiger partial charge in [0, 0.05) is 12.0 Å². The average molecular weight is 283 g/mol. The summed E-state index contributed by atoms with van der Waals surface area (Å²) in [5.41, 5.74) is 1.14. The lowest BCUT2D eigenvalue weighted by Crippen LogP contribution is -2.33. The number of benzene rings is 1. The van der Waals surface area contributed by atoms with Crippen LogP contribution in [0.15, 0.2) is 48.8 Å². The second-order valence-corrected chi connectivity index (χ2v) is 5.49. The van der Waals surface area contributed by atoms with E-state index in [0.717, 1.165) is 18.4 Å². The molecule has 108 valence electrons. The quantitative estimate of drug-likeness (QED) is 0.876. The third kappa shape index (κ3) is 2.92. The van der Waals surface area contributed by atoms with Crippen LogP contribution in [-0.2, 0) is 0 Å². The van der Waals surface area contributed by atoms with Crippen LogP contribution in [0.5, 0.6) is 0 Å². The van der Waals surface area contributed by atoms with E-state index in [2.05, 4.69) is 15.5 Å². The Morgan fingerprint density at radius 1 is 1.24 bits per heavy atom. The first-order chi connectivity index (χ1) is 10.2. The van der Waals surface area contributed by atoms with Crippen molar-refractivity contribution in [3.63, 3.8) is 0 Å². The summed E-state index contributed by atoms with van der Waals surface area (Å²) in [4.78, 5) is 12.0. The Bertz CT molecular complexity index is 612. The summed E-state index contributed by atoms with van der Waals surface area (Å²) in [5.74, 6) is -0.184. The van der Waals surface area contributed by atoms with Gasteiger partial charge in [-0.15, -0.1) is 0 Å². The van der Waals surface area contributed by atoms with E-state index in [1.54, 1.807) is 6.07 Å². The maximum absolute atomic E-state index is 12.0. The molecule has 1 atom stereocenters. The van der Waals surface area contributed by atoms with Crippen LogP contribution in [0.2, 0.25) is 0 Å². The minimum Gasteiger partial charge on any atom is -0.388 e. The molecule has 1 heterocycles. The molecular weight excluding hydrogens is 266 g/mol. The van der Waals surface area contributed by atoms with Crippen molar-refractivity contribution in [1.82, 2.24) is 15.5 Å². The van der Waals surface area contributed by atoms with E-state index in [-0.39, 0.29) is 11.3 Å². The molecule has 21 heavy (non-hydrogen) atoms. The third-order valence-electron chi connectivity index (χ3n) is 4.04. The number of rotatable bonds is 5. The maximum Gasteiger partial charge on any atom is 0.252 e. The molecule has 2 aromatic rings. The summed E-state index contributed by atoms with van der Waals surface area (Å²) < 4.78 is 0. The van der Waals surface area contributed by atoms with Gasteiger partial charge in [-0.05, 0) is 24.5 Å². The van der Waals surface area contributed by atoms with E-state index in [1.807, 2.05) is 30.3 Å². The number of aromatic nitrogens is 2. The molecule has 1 unspecified atom stereocenters. The summed E-state index contributed by atoms with van der Waals surface area (Å²) in [6.45, 7) is 0.463. The van der Waals surface area contributed by atoms with Gasteiger partial charge in [0.05, 0.1) is 24.1 Å². The molecule has 1 aromatic carbocycles. The van der Waals surface area contributed by atoms with Crippen LogP contribution in [0.25, 0.3) is 0 Å². The lowest BCUT2D eigenvalue weighted by molar-refractivity contribution is 0.0807. The molecule has 1 saturated carbocycles. The smallest absolute Gasteiger partial charge is 0.252 e. The summed E-state index contributed by atoms with van der Waals surface area (Å²) in [5, 5.41) is 20.7. The van der Waals surface area contributed by atoms with Gasteiger partial charge in [-0.1, -0.05) is 30.3 Å². The fourth-order valence-corrected chi connectivity index (χ4v) is 2.48. The monoisotopic (exact) mass is 283 g/mol. The van der Waals surface area contributed by atoms with Gasteiger partial charge in [0.15, 0.2) is 0 Å². The van der Waals surface area contributed by atoms with Gasteiger partial charge >= 0.3 is 0 Å². The van der Waals surface area contributed by atoms with Crippen molar-refractivity contribution in [3.8, 4) is 0 Å². The summed E-state index contributed by atoms with van der Waals surface area (Å²) in [6, 6.07) is 11.2. The van der Waals surface area contributed by atoms with Gasteiger partial charge in [0.2, 0.25) is 0 Å². The van der Waals surface area contributed by atoms with Crippen LogP contribution < -0.4 is 5.32 Å². The molecule has 1 aliphatic carbocycles. The number of amides is 1. The highest BCUT2D eigenvalue weighted by Crippen LogP contribution is 2.54. The Labute approximate surface area is 123 Å². The minimum atomic E-state index is -0.547. The van der Waals surface area contributed by atoms with Crippen molar-refractivity contribution in [2.75, 3.05) is 6.54 Å². The normalized spacial score (nSPS) is 17.0. The van der Waals surface area contributed by atoms with Gasteiger partial charge in [-0.25, -0.2) is 0 Å². The van der Waals surface area contributed by atoms with Crippen molar-refractivity contribution in [2.24, 2.45) is 5.41 Å². The van der Waals surface area contributed by atoms with E-state index in [9.17, 15) is 9.90 Å². The molecule has 1 aromatic heterocycles. The standard InChI is InChI=1S/C16H17N3O2/c20-14(12-4-2-1-3-5-12)16(7-8-16)11-17-15(21)13-6-9-18-19-10-13/h1-6,9-10,14,20H,7-8,11H2,(H,17,21). The van der Waals surface area contributed by atoms with Crippen molar-refractivity contribution in [1.29, 1.82) is 0 Å². The van der Waals surface area contributed by atoms with Crippen molar-refractivity contribution in [2.45, 2.75) is 18.9 Å². The fourth-order valence-electron chi connectivity index (χ4n) is 2.48. The second kappa shape index (κ2) is 5.61. The highest BCUT2D eigenvalue weighted by molar-refractivity contribution is 5.93. The summed E-state index contributed by atoms with van der Waals surface area (Å²) in [6.07, 6.45) is 4.20. The van der Waals surface area contributed by atoms with Gasteiger partial charge < -0.3 is 10.4 Å². The summed E-state index contributed by atoms with van der Waals surface area (Å²) >= 11 is 0. The minimum absolute atomic E-state index is 0.184. The molecule has 0 spiro atoms. The molecule has 1 fully saturated rings. The summed E-state index contributed by atoms with van der Waals surface area (Å²) in [7, 11) is 0. The number of nitrogens with one attached hydrogen (secondary N) is 1. The van der Waals surface area contributed by atoms with Crippen LogP contribution in [0.4, 0.5) is 0 Å². The number of hydrogen-bond donors (Lipinski definition) is 2. The fraction of sp³-hybridized carbons (Fsp3) is 0.312. The van der Waals surface area contributed by atoms with Crippen LogP contribution in [0.3, 0.4) is 0 Å². The topological polar surface area (TPSA) is 75.1 Å². The van der Waals surface area contributed by atoms with E-state index in [1.165, 1.54) is 12.4 Å². The number of hydrogen-bond acceptors (Lipinski definition) is 4. The molecule has 0 bridgehead atoms. The maximum atomic E-state index is 12.0. The average Bonchev–Trinajstić information content (AvgIpc) is 3.35. The zero-order valence-corrected chi connectivity index (χ0v) is 11.6. The SMILES string of the molecule is O=C(NCC1(C(O)c2ccccc2)CC1)c1ccnnc1. The lowest BCUT2D eigenvalue weighted by Gasteiger charge is -2.23. The van der Waals surface area contributed by atoms with E-state index >= 15 is 0 Å². The van der Waals surface area contributed by atoms with E-state index in [4.69, 9.17) is 0 Å². The Kier molecular flexibility index (Phi) is 3.66. The Morgan fingerprint density at radius 3 is 2.62 bits per heavy atom. The van der Waals surface area contributed by atoms with Gasteiger partial charge in [0.1, 0.15) is 0 Å². The first-order valence-electron chi connectivity index (χ1n) is 6.99. The molecule has 2 N–H and O–H groups in total. The molecule has 0 saturated heterocycles. The van der Waals surface area contributed by atoms with Gasteiger partial charge in [0.25, 0.3) is 5.91 Å². The number of carbonyl (C=O) groups excluding carboxylic acids is 1. The Balaban J connectivity index is 1.64. The molecular formula is C16H17N3O2. The first-order valence-corrected chi connectivity index (χ1v) is 6.99. The number of aliphatic hydroxyl groups is 1. The van der Waals surface area contributed by atoms with Crippen LogP contribution in [0.1, 0.15) is 34.9 Å². The van der Waals surface area contributed by atoms with Crippen LogP contribution in [0, 0.1) is 5.41 Å². The van der Waals surface area contributed by atoms with Gasteiger partial charge in [-0.2, -0.15) is 10.2 Å². The Hall–Kier alpha value is -2.27. The molecule has 1 aliphatic rings. The molecule has 3 rings (SSSR count). The predicted molar refractivity (Wildman–Crippen MR) is 77.4 cm³/mol. The second-order valence-electron chi connectivity index (χ2n) is 5.49. The van der Waals surface area contributed by atoms with E-state index < -0.39 is 6.10 Å². The molecule has 0 radical (unpaired) electrons. The number of aliphatic hydroxyl groups excluding tert-OH is 1. The van der Waals surface area contributed by atoms with Gasteiger partial charge in [-0.3, -0.25) is 4.79 Å². The largest absolute Gasteiger partial charge is 0.388 e. The highest BCUT2D eigenvalue weighted by atomic mass is 16.3. The lowest BCUT2D eigenvalue weighted by atomic mass is 9.92. The first kappa shape index (κ1) is 13.7. The number of nitrogens with zero attached hydrogens (tertiary/aromatic N) is 2. The zero-order chi connectivity index (χ0) is 14.7. The van der Waals surface area contributed by atoms with Crippen molar-refractivity contribution >= 4 is 5.91 Å². The van der Waals surface area contributed by atoms with Crippen LogP contribution >= 0.6 is 0 Å². The molecule has 5 nitrogen and oxygen atoms in total. The molecule has 0 aliphatic heterocycles. The predicted octanol–water partition coefficient (Wildman–Crippen LogP) is 1.72. The zero-order valence-electron chi connectivity index (χ0n) is 11.6.